The summed E-state index contributed by atoms with van der Waals surface area (Å²) in [5, 5.41) is 9.42. The molecule has 0 spiro atoms. The van der Waals surface area contributed by atoms with Crippen molar-refractivity contribution in [1.82, 2.24) is 0 Å². The number of aliphatic hydroxyl groups is 1. The molecule has 1 N–H and O–H groups in total. The second-order valence-corrected chi connectivity index (χ2v) is 3.78. The van der Waals surface area contributed by atoms with Crippen molar-refractivity contribution in [1.29, 1.82) is 0 Å². The maximum atomic E-state index is 9.42. The molecule has 1 saturated heterocycles. The van der Waals surface area contributed by atoms with Gasteiger partial charge in [0.1, 0.15) is 0 Å². The Morgan fingerprint density at radius 2 is 2.13 bits per heavy atom. The topological polar surface area (TPSA) is 38.7 Å². The number of aliphatic hydroxyl groups excluding tert-OH is 1. The molecule has 0 bridgehead atoms. The average Bonchev–Trinajstić information content (AvgIpc) is 2.28. The number of hydrogen-bond acceptors (Lipinski definition) is 3. The molecule has 0 aliphatic carbocycles. The molecule has 1 aliphatic heterocycles. The smallest absolute Gasteiger partial charge is 0.160 e. The van der Waals surface area contributed by atoms with E-state index in [1.165, 1.54) is 0 Å². The molecule has 1 heterocycles. The zero-order valence-electron chi connectivity index (χ0n) is 8.63. The van der Waals surface area contributed by atoms with Crippen LogP contribution in [0.25, 0.3) is 0 Å². The Hall–Kier alpha value is -0.900. The van der Waals surface area contributed by atoms with Gasteiger partial charge in [0.05, 0.1) is 19.3 Å². The molecular formula is C12H16O3. The third-order valence-corrected chi connectivity index (χ3v) is 2.50. The minimum absolute atomic E-state index is 0.256. The molecule has 3 heteroatoms. The van der Waals surface area contributed by atoms with Crippen LogP contribution >= 0.6 is 0 Å². The van der Waals surface area contributed by atoms with Crippen molar-refractivity contribution in [2.45, 2.75) is 31.8 Å². The second kappa shape index (κ2) is 5.26. The normalized spacial score (nSPS) is 26.5. The highest BCUT2D eigenvalue weighted by molar-refractivity contribution is 5.13. The molecule has 1 aromatic carbocycles. The van der Waals surface area contributed by atoms with Crippen LogP contribution in [0.15, 0.2) is 30.3 Å². The molecule has 82 valence electrons. The summed E-state index contributed by atoms with van der Waals surface area (Å²) in [5.41, 5.74) is 1.13. The zero-order chi connectivity index (χ0) is 10.5. The molecule has 0 saturated carbocycles. The first-order valence-corrected chi connectivity index (χ1v) is 5.30. The Balaban J connectivity index is 1.78. The maximum Gasteiger partial charge on any atom is 0.160 e. The molecule has 0 amide bonds. The van der Waals surface area contributed by atoms with Crippen molar-refractivity contribution in [2.75, 3.05) is 6.61 Å². The first-order valence-electron chi connectivity index (χ1n) is 5.30. The van der Waals surface area contributed by atoms with Gasteiger partial charge in [0.15, 0.2) is 6.29 Å². The molecule has 1 aliphatic rings. The highest BCUT2D eigenvalue weighted by atomic mass is 16.7. The van der Waals surface area contributed by atoms with Gasteiger partial charge >= 0.3 is 0 Å². The van der Waals surface area contributed by atoms with Crippen molar-refractivity contribution in [3.8, 4) is 0 Å². The Labute approximate surface area is 89.6 Å². The molecule has 0 unspecified atom stereocenters. The largest absolute Gasteiger partial charge is 0.393 e. The monoisotopic (exact) mass is 208 g/mol. The fraction of sp³-hybridized carbons (Fsp3) is 0.500. The van der Waals surface area contributed by atoms with Crippen molar-refractivity contribution < 1.29 is 14.6 Å². The molecular weight excluding hydrogens is 192 g/mol. The van der Waals surface area contributed by atoms with Crippen LogP contribution in [-0.2, 0) is 16.1 Å². The Bertz CT molecular complexity index is 286. The van der Waals surface area contributed by atoms with E-state index in [0.29, 0.717) is 26.1 Å². The van der Waals surface area contributed by atoms with Crippen molar-refractivity contribution in [3.05, 3.63) is 35.9 Å². The predicted molar refractivity (Wildman–Crippen MR) is 56.2 cm³/mol. The van der Waals surface area contributed by atoms with E-state index in [4.69, 9.17) is 9.47 Å². The number of rotatable bonds is 3. The lowest BCUT2D eigenvalue weighted by molar-refractivity contribution is -0.190. The first kappa shape index (κ1) is 10.6. The van der Waals surface area contributed by atoms with Crippen molar-refractivity contribution in [2.24, 2.45) is 0 Å². The quantitative estimate of drug-likeness (QED) is 0.821. The van der Waals surface area contributed by atoms with Crippen LogP contribution in [0, 0.1) is 0 Å². The van der Waals surface area contributed by atoms with E-state index in [1.54, 1.807) is 0 Å². The van der Waals surface area contributed by atoms with E-state index in [1.807, 2.05) is 30.3 Å². The van der Waals surface area contributed by atoms with Gasteiger partial charge in [-0.1, -0.05) is 30.3 Å². The number of benzene rings is 1. The van der Waals surface area contributed by atoms with Gasteiger partial charge in [0.2, 0.25) is 0 Å². The van der Waals surface area contributed by atoms with E-state index in [0.717, 1.165) is 5.56 Å². The van der Waals surface area contributed by atoms with Crippen LogP contribution < -0.4 is 0 Å². The maximum absolute atomic E-state index is 9.42. The van der Waals surface area contributed by atoms with Crippen molar-refractivity contribution in [3.63, 3.8) is 0 Å². The van der Waals surface area contributed by atoms with E-state index >= 15 is 0 Å². The van der Waals surface area contributed by atoms with E-state index in [2.05, 4.69) is 0 Å². The highest BCUT2D eigenvalue weighted by Gasteiger charge is 2.20. The molecule has 0 aromatic heterocycles. The van der Waals surface area contributed by atoms with Gasteiger partial charge in [-0.15, -0.1) is 0 Å². The minimum atomic E-state index is -0.278. The molecule has 1 aromatic rings. The van der Waals surface area contributed by atoms with E-state index < -0.39 is 0 Å². The van der Waals surface area contributed by atoms with Gasteiger partial charge in [0.25, 0.3) is 0 Å². The molecule has 0 radical (unpaired) electrons. The summed E-state index contributed by atoms with van der Waals surface area (Å²) in [7, 11) is 0. The lowest BCUT2D eigenvalue weighted by Crippen LogP contribution is -2.30. The van der Waals surface area contributed by atoms with Crippen LogP contribution in [0.5, 0.6) is 0 Å². The lowest BCUT2D eigenvalue weighted by Gasteiger charge is -2.26. The summed E-state index contributed by atoms with van der Waals surface area (Å²) in [6, 6.07) is 9.97. The lowest BCUT2D eigenvalue weighted by atomic mass is 10.1. The summed E-state index contributed by atoms with van der Waals surface area (Å²) in [6.45, 7) is 1.12. The first-order chi connectivity index (χ1) is 7.34. The fourth-order valence-corrected chi connectivity index (χ4v) is 1.62. The van der Waals surface area contributed by atoms with Gasteiger partial charge in [-0.3, -0.25) is 0 Å². The average molecular weight is 208 g/mol. The van der Waals surface area contributed by atoms with Crippen LogP contribution in [0.2, 0.25) is 0 Å². The number of ether oxygens (including phenoxy) is 2. The SMILES string of the molecule is O[C@H]1CCO[C@@H](OCc2ccccc2)C1. The summed E-state index contributed by atoms with van der Waals surface area (Å²) in [6.07, 6.45) is 0.756. The highest BCUT2D eigenvalue weighted by Crippen LogP contribution is 2.16. The van der Waals surface area contributed by atoms with E-state index in [9.17, 15) is 5.11 Å². The van der Waals surface area contributed by atoms with Crippen LogP contribution in [0.3, 0.4) is 0 Å². The van der Waals surface area contributed by atoms with Gasteiger partial charge in [-0.25, -0.2) is 0 Å². The van der Waals surface area contributed by atoms with Gasteiger partial charge < -0.3 is 14.6 Å². The van der Waals surface area contributed by atoms with Crippen molar-refractivity contribution >= 4 is 0 Å². The molecule has 3 nitrogen and oxygen atoms in total. The third kappa shape index (κ3) is 3.30. The summed E-state index contributed by atoms with van der Waals surface area (Å²) >= 11 is 0. The summed E-state index contributed by atoms with van der Waals surface area (Å²) in [5.74, 6) is 0. The predicted octanol–water partition coefficient (Wildman–Crippen LogP) is 1.70. The van der Waals surface area contributed by atoms with Gasteiger partial charge in [-0.05, 0) is 12.0 Å². The second-order valence-electron chi connectivity index (χ2n) is 3.78. The Kier molecular flexibility index (Phi) is 3.72. The van der Waals surface area contributed by atoms with Gasteiger partial charge in [-0.2, -0.15) is 0 Å². The van der Waals surface area contributed by atoms with Crippen LogP contribution in [0.4, 0.5) is 0 Å². The third-order valence-electron chi connectivity index (χ3n) is 2.50. The molecule has 2 atom stereocenters. The molecule has 1 fully saturated rings. The van der Waals surface area contributed by atoms with Gasteiger partial charge in [0, 0.05) is 6.42 Å². The van der Waals surface area contributed by atoms with E-state index in [-0.39, 0.29) is 12.4 Å². The van der Waals surface area contributed by atoms with Crippen LogP contribution in [-0.4, -0.2) is 24.1 Å². The summed E-state index contributed by atoms with van der Waals surface area (Å²) < 4.78 is 10.9. The molecule has 2 rings (SSSR count). The number of hydrogen-bond donors (Lipinski definition) is 1. The van der Waals surface area contributed by atoms with Crippen LogP contribution in [0.1, 0.15) is 18.4 Å². The summed E-state index contributed by atoms with van der Waals surface area (Å²) in [4.78, 5) is 0. The Morgan fingerprint density at radius 3 is 2.87 bits per heavy atom. The fourth-order valence-electron chi connectivity index (χ4n) is 1.62. The Morgan fingerprint density at radius 1 is 1.33 bits per heavy atom. The zero-order valence-corrected chi connectivity index (χ0v) is 8.63. The standard InChI is InChI=1S/C12H16O3/c13-11-6-7-14-12(8-11)15-9-10-4-2-1-3-5-10/h1-5,11-13H,6-9H2/t11-,12-/m0/s1. The minimum Gasteiger partial charge on any atom is -0.393 e. The molecule has 15 heavy (non-hydrogen) atoms.